The number of oxazole rings is 1. The van der Waals surface area contributed by atoms with Crippen molar-refractivity contribution in [2.24, 2.45) is 0 Å². The molecule has 0 aliphatic carbocycles. The summed E-state index contributed by atoms with van der Waals surface area (Å²) in [6.07, 6.45) is 0.898. The van der Waals surface area contributed by atoms with Crippen LogP contribution in [0.2, 0.25) is 0 Å². The van der Waals surface area contributed by atoms with Gasteiger partial charge in [-0.05, 0) is 18.1 Å². The van der Waals surface area contributed by atoms with Crippen molar-refractivity contribution in [3.8, 4) is 6.07 Å². The number of aryl methyl sites for hydroxylation is 1. The fourth-order valence-corrected chi connectivity index (χ4v) is 1.34. The first-order valence-electron chi connectivity index (χ1n) is 4.13. The van der Waals surface area contributed by atoms with Crippen LogP contribution in [0.15, 0.2) is 22.6 Å². The maximum absolute atomic E-state index is 8.60. The molecule has 0 radical (unpaired) electrons. The van der Waals surface area contributed by atoms with Crippen molar-refractivity contribution < 1.29 is 4.42 Å². The van der Waals surface area contributed by atoms with Gasteiger partial charge in [-0.2, -0.15) is 10.2 Å². The summed E-state index contributed by atoms with van der Waals surface area (Å²) in [5.74, 6) is 0.135. The van der Waals surface area contributed by atoms with Crippen LogP contribution in [-0.4, -0.2) is 4.98 Å². The van der Waals surface area contributed by atoms with Crippen molar-refractivity contribution in [3.63, 3.8) is 0 Å². The number of aromatic nitrogens is 1. The van der Waals surface area contributed by atoms with E-state index in [9.17, 15) is 0 Å². The number of benzene rings is 1. The third-order valence-corrected chi connectivity index (χ3v) is 1.98. The molecular weight excluding hydrogens is 164 g/mol. The van der Waals surface area contributed by atoms with Gasteiger partial charge in [-0.1, -0.05) is 19.1 Å². The molecule has 13 heavy (non-hydrogen) atoms. The fraction of sp³-hybridized carbons (Fsp3) is 0.200. The molecule has 64 valence electrons. The molecule has 0 fully saturated rings. The maximum Gasteiger partial charge on any atom is 0.301 e. The van der Waals surface area contributed by atoms with Crippen molar-refractivity contribution in [2.75, 3.05) is 0 Å². The van der Waals surface area contributed by atoms with Gasteiger partial charge < -0.3 is 4.42 Å². The minimum atomic E-state index is 0.135. The molecule has 1 aromatic heterocycles. The quantitative estimate of drug-likeness (QED) is 0.662. The highest BCUT2D eigenvalue weighted by molar-refractivity contribution is 5.76. The van der Waals surface area contributed by atoms with Gasteiger partial charge in [0, 0.05) is 0 Å². The second kappa shape index (κ2) is 2.91. The van der Waals surface area contributed by atoms with Gasteiger partial charge in [-0.15, -0.1) is 0 Å². The highest BCUT2D eigenvalue weighted by Crippen LogP contribution is 2.19. The molecule has 2 rings (SSSR count). The van der Waals surface area contributed by atoms with Crippen LogP contribution in [0.3, 0.4) is 0 Å². The van der Waals surface area contributed by atoms with Crippen molar-refractivity contribution in [2.45, 2.75) is 13.3 Å². The van der Waals surface area contributed by atoms with E-state index in [1.807, 2.05) is 24.3 Å². The Morgan fingerprint density at radius 1 is 1.54 bits per heavy atom. The normalized spacial score (nSPS) is 10.2. The number of hydrogen-bond acceptors (Lipinski definition) is 3. The van der Waals surface area contributed by atoms with E-state index in [1.54, 1.807) is 0 Å². The van der Waals surface area contributed by atoms with E-state index >= 15 is 0 Å². The second-order valence-electron chi connectivity index (χ2n) is 2.75. The Morgan fingerprint density at radius 2 is 2.38 bits per heavy atom. The van der Waals surface area contributed by atoms with Crippen LogP contribution in [0.25, 0.3) is 11.1 Å². The van der Waals surface area contributed by atoms with Crippen LogP contribution in [-0.2, 0) is 6.42 Å². The summed E-state index contributed by atoms with van der Waals surface area (Å²) in [6, 6.07) is 7.61. The molecule has 0 atom stereocenters. The van der Waals surface area contributed by atoms with Crippen molar-refractivity contribution >= 4 is 11.1 Å². The van der Waals surface area contributed by atoms with Gasteiger partial charge in [0.2, 0.25) is 0 Å². The summed E-state index contributed by atoms with van der Waals surface area (Å²) in [7, 11) is 0. The third kappa shape index (κ3) is 1.17. The van der Waals surface area contributed by atoms with Crippen molar-refractivity contribution in [1.29, 1.82) is 5.26 Å². The minimum absolute atomic E-state index is 0.135. The highest BCUT2D eigenvalue weighted by atomic mass is 16.3. The second-order valence-corrected chi connectivity index (χ2v) is 2.75. The number of hydrogen-bond donors (Lipinski definition) is 0. The zero-order valence-corrected chi connectivity index (χ0v) is 7.24. The molecule has 0 saturated heterocycles. The standard InChI is InChI=1S/C10H8N2O/c1-2-7-4-3-5-8-10(7)12-9(6-11)13-8/h3-5H,2H2,1H3. The van der Waals surface area contributed by atoms with Gasteiger partial charge in [0.1, 0.15) is 5.52 Å². The van der Waals surface area contributed by atoms with Gasteiger partial charge in [-0.3, -0.25) is 0 Å². The molecule has 0 spiro atoms. The van der Waals surface area contributed by atoms with Crippen LogP contribution < -0.4 is 0 Å². The van der Waals surface area contributed by atoms with E-state index in [1.165, 1.54) is 0 Å². The van der Waals surface area contributed by atoms with Gasteiger partial charge in [0.05, 0.1) is 0 Å². The number of fused-ring (bicyclic) bond motifs is 1. The molecule has 1 aromatic carbocycles. The lowest BCUT2D eigenvalue weighted by atomic mass is 10.1. The molecule has 3 heteroatoms. The Morgan fingerprint density at radius 3 is 3.08 bits per heavy atom. The molecule has 0 N–H and O–H groups in total. The summed E-state index contributed by atoms with van der Waals surface area (Å²) in [4.78, 5) is 4.07. The lowest BCUT2D eigenvalue weighted by Crippen LogP contribution is -1.81. The van der Waals surface area contributed by atoms with Crippen LogP contribution in [0, 0.1) is 11.3 Å². The number of para-hydroxylation sites is 1. The average Bonchev–Trinajstić information content (AvgIpc) is 2.59. The van der Waals surface area contributed by atoms with Crippen LogP contribution >= 0.6 is 0 Å². The van der Waals surface area contributed by atoms with Crippen LogP contribution in [0.4, 0.5) is 0 Å². The van der Waals surface area contributed by atoms with Gasteiger partial charge in [0.15, 0.2) is 11.7 Å². The number of nitrogens with zero attached hydrogens (tertiary/aromatic N) is 2. The Balaban J connectivity index is 2.76. The predicted octanol–water partition coefficient (Wildman–Crippen LogP) is 2.26. The molecular formula is C10H8N2O. The molecule has 0 bridgehead atoms. The van der Waals surface area contributed by atoms with Gasteiger partial charge >= 0.3 is 5.89 Å². The molecule has 0 unspecified atom stereocenters. The number of rotatable bonds is 1. The minimum Gasteiger partial charge on any atom is -0.428 e. The summed E-state index contributed by atoms with van der Waals surface area (Å²) in [5.41, 5.74) is 2.61. The average molecular weight is 172 g/mol. The topological polar surface area (TPSA) is 49.8 Å². The lowest BCUT2D eigenvalue weighted by Gasteiger charge is -1.93. The van der Waals surface area contributed by atoms with Crippen molar-refractivity contribution in [1.82, 2.24) is 4.98 Å². The molecule has 0 aliphatic rings. The first kappa shape index (κ1) is 7.81. The zero-order valence-electron chi connectivity index (χ0n) is 7.24. The molecule has 1 heterocycles. The summed E-state index contributed by atoms with van der Waals surface area (Å²) in [5, 5.41) is 8.60. The van der Waals surface area contributed by atoms with Crippen molar-refractivity contribution in [3.05, 3.63) is 29.7 Å². The van der Waals surface area contributed by atoms with Gasteiger partial charge in [-0.25, -0.2) is 0 Å². The van der Waals surface area contributed by atoms with Gasteiger partial charge in [0.25, 0.3) is 0 Å². The Labute approximate surface area is 75.6 Å². The smallest absolute Gasteiger partial charge is 0.301 e. The molecule has 0 amide bonds. The van der Waals surface area contributed by atoms with E-state index in [0.29, 0.717) is 5.58 Å². The summed E-state index contributed by atoms with van der Waals surface area (Å²) >= 11 is 0. The molecule has 0 saturated carbocycles. The van der Waals surface area contributed by atoms with E-state index in [4.69, 9.17) is 9.68 Å². The fourth-order valence-electron chi connectivity index (χ4n) is 1.34. The molecule has 3 nitrogen and oxygen atoms in total. The Hall–Kier alpha value is -1.82. The first-order chi connectivity index (χ1) is 6.35. The summed E-state index contributed by atoms with van der Waals surface area (Å²) < 4.78 is 5.19. The van der Waals surface area contributed by atoms with Crippen LogP contribution in [0.5, 0.6) is 0 Å². The monoisotopic (exact) mass is 172 g/mol. The van der Waals surface area contributed by atoms with E-state index in [-0.39, 0.29) is 5.89 Å². The maximum atomic E-state index is 8.60. The SMILES string of the molecule is CCc1cccc2oc(C#N)nc12. The largest absolute Gasteiger partial charge is 0.428 e. The Bertz CT molecular complexity index is 479. The first-order valence-corrected chi connectivity index (χ1v) is 4.13. The van der Waals surface area contributed by atoms with Crippen LogP contribution in [0.1, 0.15) is 18.4 Å². The molecule has 2 aromatic rings. The lowest BCUT2D eigenvalue weighted by molar-refractivity contribution is 0.584. The third-order valence-electron chi connectivity index (χ3n) is 1.98. The summed E-state index contributed by atoms with van der Waals surface area (Å²) in [6.45, 7) is 2.05. The van der Waals surface area contributed by atoms with E-state index < -0.39 is 0 Å². The molecule has 0 aliphatic heterocycles. The Kier molecular flexibility index (Phi) is 1.75. The number of nitriles is 1. The highest BCUT2D eigenvalue weighted by Gasteiger charge is 2.06. The van der Waals surface area contributed by atoms with E-state index in [0.717, 1.165) is 17.5 Å². The predicted molar refractivity (Wildman–Crippen MR) is 48.1 cm³/mol. The zero-order chi connectivity index (χ0) is 9.26. The van der Waals surface area contributed by atoms with E-state index in [2.05, 4.69) is 11.9 Å².